The SMILES string of the molecule is COc1cccc2[nH]cc(C3CCN(C(CO)C4CCN(C(=O)/C=C/c5ccc(F)c(F)c5)CC4)CC3)c12. The van der Waals surface area contributed by atoms with Crippen molar-refractivity contribution >= 4 is 22.9 Å². The van der Waals surface area contributed by atoms with Crippen molar-refractivity contribution in [3.05, 3.63) is 71.4 Å². The Bertz CT molecular complexity index is 1290. The number of nitrogens with zero attached hydrogens (tertiary/aromatic N) is 2. The van der Waals surface area contributed by atoms with E-state index >= 15 is 0 Å². The maximum Gasteiger partial charge on any atom is 0.246 e. The number of aromatic amines is 1. The molecular weight excluding hydrogens is 488 g/mol. The fourth-order valence-corrected chi connectivity index (χ4v) is 6.17. The molecule has 0 saturated carbocycles. The molecule has 2 aliphatic heterocycles. The Hall–Kier alpha value is -3.23. The van der Waals surface area contributed by atoms with Gasteiger partial charge in [-0.15, -0.1) is 0 Å². The molecule has 3 aromatic rings. The predicted octanol–water partition coefficient (Wildman–Crippen LogP) is 4.95. The summed E-state index contributed by atoms with van der Waals surface area (Å²) in [5.41, 5.74) is 2.85. The second-order valence-electron chi connectivity index (χ2n) is 10.4. The number of aromatic nitrogens is 1. The molecule has 0 radical (unpaired) electrons. The predicted molar refractivity (Wildman–Crippen MR) is 144 cm³/mol. The second-order valence-corrected chi connectivity index (χ2v) is 10.4. The summed E-state index contributed by atoms with van der Waals surface area (Å²) in [4.78, 5) is 20.3. The first-order valence-electron chi connectivity index (χ1n) is 13.4. The molecule has 2 fully saturated rings. The highest BCUT2D eigenvalue weighted by Crippen LogP contribution is 2.38. The Kier molecular flexibility index (Phi) is 8.09. The number of aliphatic hydroxyl groups is 1. The summed E-state index contributed by atoms with van der Waals surface area (Å²) in [6.45, 7) is 3.20. The van der Waals surface area contributed by atoms with Crippen molar-refractivity contribution in [2.45, 2.75) is 37.6 Å². The van der Waals surface area contributed by atoms with E-state index in [9.17, 15) is 18.7 Å². The first-order chi connectivity index (χ1) is 18.5. The zero-order chi connectivity index (χ0) is 26.6. The average molecular weight is 524 g/mol. The standard InChI is InChI=1S/C30H35F2N3O3/c1-38-28-4-2-3-26-30(28)23(18-33-26)21-9-13-34(14-10-21)27(19-36)22-11-15-35(16-12-22)29(37)8-6-20-5-7-24(31)25(32)17-20/h2-8,17-18,21-22,27,33,36H,9-16,19H2,1H3/b8-6+. The largest absolute Gasteiger partial charge is 0.496 e. The summed E-state index contributed by atoms with van der Waals surface area (Å²) in [5, 5.41) is 11.5. The van der Waals surface area contributed by atoms with Crippen molar-refractivity contribution in [2.75, 3.05) is 39.9 Å². The summed E-state index contributed by atoms with van der Waals surface area (Å²) < 4.78 is 32.2. The van der Waals surface area contributed by atoms with Crippen LogP contribution in [0.1, 0.15) is 42.7 Å². The number of nitrogens with one attached hydrogen (secondary N) is 1. The smallest absolute Gasteiger partial charge is 0.246 e. The number of amides is 1. The van der Waals surface area contributed by atoms with Gasteiger partial charge in [0.25, 0.3) is 0 Å². The van der Waals surface area contributed by atoms with E-state index in [4.69, 9.17) is 4.74 Å². The molecule has 2 aliphatic rings. The van der Waals surface area contributed by atoms with Crippen LogP contribution in [0.2, 0.25) is 0 Å². The number of methoxy groups -OCH3 is 1. The number of benzene rings is 2. The number of likely N-dealkylation sites (tertiary alicyclic amines) is 2. The molecule has 2 saturated heterocycles. The van der Waals surface area contributed by atoms with Crippen LogP contribution in [0.15, 0.2) is 48.7 Å². The normalized spacial score (nSPS) is 18.9. The fourth-order valence-electron chi connectivity index (χ4n) is 6.17. The molecular formula is C30H35F2N3O3. The Balaban J connectivity index is 1.15. The second kappa shape index (κ2) is 11.7. The quantitative estimate of drug-likeness (QED) is 0.430. The zero-order valence-electron chi connectivity index (χ0n) is 21.7. The molecule has 3 heterocycles. The van der Waals surface area contributed by atoms with Crippen LogP contribution in [-0.4, -0.2) is 71.7 Å². The Morgan fingerprint density at radius 1 is 1.11 bits per heavy atom. The van der Waals surface area contributed by atoms with Crippen LogP contribution in [0.4, 0.5) is 8.78 Å². The third kappa shape index (κ3) is 5.47. The lowest BCUT2D eigenvalue weighted by Crippen LogP contribution is -2.50. The van der Waals surface area contributed by atoms with Crippen molar-refractivity contribution in [1.29, 1.82) is 0 Å². The molecule has 1 aromatic heterocycles. The molecule has 202 valence electrons. The molecule has 0 bridgehead atoms. The highest BCUT2D eigenvalue weighted by molar-refractivity contribution is 5.92. The van der Waals surface area contributed by atoms with Gasteiger partial charge in [0, 0.05) is 42.3 Å². The van der Waals surface area contributed by atoms with Crippen LogP contribution in [0, 0.1) is 17.6 Å². The Morgan fingerprint density at radius 2 is 1.87 bits per heavy atom. The van der Waals surface area contributed by atoms with E-state index in [0.717, 1.165) is 62.2 Å². The van der Waals surface area contributed by atoms with E-state index in [0.29, 0.717) is 30.5 Å². The van der Waals surface area contributed by atoms with Crippen molar-refractivity contribution in [1.82, 2.24) is 14.8 Å². The van der Waals surface area contributed by atoms with Gasteiger partial charge in [-0.25, -0.2) is 8.78 Å². The maximum atomic E-state index is 13.4. The Labute approximate surface area is 221 Å². The van der Waals surface area contributed by atoms with Crippen molar-refractivity contribution in [3.8, 4) is 5.75 Å². The van der Waals surface area contributed by atoms with Crippen LogP contribution in [0.3, 0.4) is 0 Å². The third-order valence-corrected chi connectivity index (χ3v) is 8.30. The van der Waals surface area contributed by atoms with Gasteiger partial charge in [0.1, 0.15) is 5.75 Å². The third-order valence-electron chi connectivity index (χ3n) is 8.30. The minimum Gasteiger partial charge on any atom is -0.496 e. The molecule has 2 N–H and O–H groups in total. The molecule has 2 aromatic carbocycles. The molecule has 1 unspecified atom stereocenters. The van der Waals surface area contributed by atoms with E-state index < -0.39 is 11.6 Å². The highest BCUT2D eigenvalue weighted by atomic mass is 19.2. The number of fused-ring (bicyclic) bond motifs is 1. The zero-order valence-corrected chi connectivity index (χ0v) is 21.7. The number of halogens is 2. The minimum atomic E-state index is -0.930. The first-order valence-corrected chi connectivity index (χ1v) is 13.4. The van der Waals surface area contributed by atoms with Gasteiger partial charge < -0.3 is 19.7 Å². The highest BCUT2D eigenvalue weighted by Gasteiger charge is 2.34. The number of hydrogen-bond donors (Lipinski definition) is 2. The summed E-state index contributed by atoms with van der Waals surface area (Å²) >= 11 is 0. The average Bonchev–Trinajstić information content (AvgIpc) is 3.39. The van der Waals surface area contributed by atoms with E-state index in [1.165, 1.54) is 29.2 Å². The van der Waals surface area contributed by atoms with Crippen molar-refractivity contribution in [3.63, 3.8) is 0 Å². The monoisotopic (exact) mass is 523 g/mol. The first kappa shape index (κ1) is 26.4. The van der Waals surface area contributed by atoms with Crippen molar-refractivity contribution in [2.24, 2.45) is 5.92 Å². The summed E-state index contributed by atoms with van der Waals surface area (Å²) in [6.07, 6.45) is 8.75. The van der Waals surface area contributed by atoms with Gasteiger partial charge >= 0.3 is 0 Å². The molecule has 5 rings (SSSR count). The number of carbonyl (C=O) groups is 1. The summed E-state index contributed by atoms with van der Waals surface area (Å²) in [6, 6.07) is 9.74. The molecule has 1 amide bonds. The van der Waals surface area contributed by atoms with E-state index in [1.54, 1.807) is 12.0 Å². The fraction of sp³-hybridized carbons (Fsp3) is 0.433. The van der Waals surface area contributed by atoms with Gasteiger partial charge in [-0.3, -0.25) is 9.69 Å². The summed E-state index contributed by atoms with van der Waals surface area (Å²) in [7, 11) is 1.71. The lowest BCUT2D eigenvalue weighted by molar-refractivity contribution is -0.127. The lowest BCUT2D eigenvalue weighted by Gasteiger charge is -2.43. The van der Waals surface area contributed by atoms with Crippen LogP contribution in [-0.2, 0) is 4.79 Å². The molecule has 38 heavy (non-hydrogen) atoms. The number of piperidine rings is 2. The maximum absolute atomic E-state index is 13.4. The van der Waals surface area contributed by atoms with Gasteiger partial charge in [0.2, 0.25) is 5.91 Å². The molecule has 0 spiro atoms. The van der Waals surface area contributed by atoms with Crippen LogP contribution < -0.4 is 4.74 Å². The number of rotatable bonds is 7. The van der Waals surface area contributed by atoms with E-state index in [2.05, 4.69) is 22.1 Å². The van der Waals surface area contributed by atoms with Gasteiger partial charge in [-0.1, -0.05) is 12.1 Å². The number of H-pyrrole nitrogens is 1. The lowest BCUT2D eigenvalue weighted by atomic mass is 9.84. The van der Waals surface area contributed by atoms with Gasteiger partial charge in [-0.2, -0.15) is 0 Å². The number of carbonyl (C=O) groups excluding carboxylic acids is 1. The van der Waals surface area contributed by atoms with Crippen LogP contribution >= 0.6 is 0 Å². The number of hydrogen-bond acceptors (Lipinski definition) is 4. The topological polar surface area (TPSA) is 68.8 Å². The van der Waals surface area contributed by atoms with Gasteiger partial charge in [0.15, 0.2) is 11.6 Å². The van der Waals surface area contributed by atoms with E-state index in [1.807, 2.05) is 12.1 Å². The van der Waals surface area contributed by atoms with E-state index in [-0.39, 0.29) is 18.6 Å². The number of aliphatic hydroxyl groups excluding tert-OH is 1. The number of ether oxygens (including phenoxy) is 1. The molecule has 8 heteroatoms. The van der Waals surface area contributed by atoms with Crippen molar-refractivity contribution < 1.29 is 23.4 Å². The molecule has 0 aliphatic carbocycles. The van der Waals surface area contributed by atoms with Gasteiger partial charge in [-0.05, 0) is 92.1 Å². The minimum absolute atomic E-state index is 0.0865. The van der Waals surface area contributed by atoms with Crippen LogP contribution in [0.25, 0.3) is 17.0 Å². The Morgan fingerprint density at radius 3 is 2.55 bits per heavy atom. The molecule has 1 atom stereocenters. The molecule has 6 nitrogen and oxygen atoms in total. The van der Waals surface area contributed by atoms with Crippen LogP contribution in [0.5, 0.6) is 5.75 Å². The van der Waals surface area contributed by atoms with Gasteiger partial charge in [0.05, 0.1) is 13.7 Å². The summed E-state index contributed by atoms with van der Waals surface area (Å²) in [5.74, 6) is -0.309.